The second-order valence-corrected chi connectivity index (χ2v) is 6.27. The SMILES string of the molecule is COc1ccc2cc(C(=O)NCc3ccc(-c4cnn(C)c4)nc3)[nH]c2c1. The van der Waals surface area contributed by atoms with E-state index in [-0.39, 0.29) is 5.91 Å². The molecule has 0 saturated heterocycles. The highest BCUT2D eigenvalue weighted by atomic mass is 16.5. The van der Waals surface area contributed by atoms with Gasteiger partial charge in [0.2, 0.25) is 0 Å². The third-order valence-electron chi connectivity index (χ3n) is 4.35. The van der Waals surface area contributed by atoms with Crippen molar-refractivity contribution in [3.05, 3.63) is 66.2 Å². The molecule has 136 valence electrons. The summed E-state index contributed by atoms with van der Waals surface area (Å²) in [5.74, 6) is 0.581. The normalized spacial score (nSPS) is 10.9. The zero-order chi connectivity index (χ0) is 18.8. The molecule has 7 heteroatoms. The van der Waals surface area contributed by atoms with E-state index in [9.17, 15) is 4.79 Å². The molecule has 3 heterocycles. The number of aromatic amines is 1. The third-order valence-corrected chi connectivity index (χ3v) is 4.35. The number of amides is 1. The Kier molecular flexibility index (Phi) is 4.33. The minimum Gasteiger partial charge on any atom is -0.497 e. The van der Waals surface area contributed by atoms with Gasteiger partial charge in [0, 0.05) is 48.5 Å². The Morgan fingerprint density at radius 3 is 2.81 bits per heavy atom. The predicted octanol–water partition coefficient (Wildman–Crippen LogP) is 2.90. The molecule has 0 aliphatic carbocycles. The number of ether oxygens (including phenoxy) is 1. The van der Waals surface area contributed by atoms with Gasteiger partial charge < -0.3 is 15.0 Å². The molecule has 2 N–H and O–H groups in total. The molecule has 1 amide bonds. The number of carbonyl (C=O) groups excluding carboxylic acids is 1. The fourth-order valence-corrected chi connectivity index (χ4v) is 2.89. The Labute approximate surface area is 156 Å². The van der Waals surface area contributed by atoms with Crippen LogP contribution in [0.25, 0.3) is 22.2 Å². The van der Waals surface area contributed by atoms with Crippen LogP contribution in [0.5, 0.6) is 5.75 Å². The third kappa shape index (κ3) is 3.52. The summed E-state index contributed by atoms with van der Waals surface area (Å²) in [6, 6.07) is 11.4. The van der Waals surface area contributed by atoms with Crippen LogP contribution in [0.3, 0.4) is 0 Å². The summed E-state index contributed by atoms with van der Waals surface area (Å²) in [5.41, 5.74) is 4.11. The number of aromatic nitrogens is 4. The van der Waals surface area contributed by atoms with Crippen LogP contribution in [0, 0.1) is 0 Å². The topological polar surface area (TPSA) is 84.8 Å². The Morgan fingerprint density at radius 2 is 2.11 bits per heavy atom. The minimum atomic E-state index is -0.165. The molecule has 3 aromatic heterocycles. The Hall–Kier alpha value is -3.61. The number of hydrogen-bond donors (Lipinski definition) is 2. The fourth-order valence-electron chi connectivity index (χ4n) is 2.89. The molecule has 0 aliphatic heterocycles. The molecule has 0 saturated carbocycles. The highest BCUT2D eigenvalue weighted by molar-refractivity contribution is 5.98. The first-order valence-corrected chi connectivity index (χ1v) is 8.51. The van der Waals surface area contributed by atoms with Crippen molar-refractivity contribution >= 4 is 16.8 Å². The fraction of sp³-hybridized carbons (Fsp3) is 0.150. The monoisotopic (exact) mass is 361 g/mol. The number of nitrogens with zero attached hydrogens (tertiary/aromatic N) is 3. The number of nitrogens with one attached hydrogen (secondary N) is 2. The van der Waals surface area contributed by atoms with E-state index in [0.29, 0.717) is 12.2 Å². The molecule has 0 spiro atoms. The second kappa shape index (κ2) is 6.95. The summed E-state index contributed by atoms with van der Waals surface area (Å²) in [6.45, 7) is 0.401. The lowest BCUT2D eigenvalue weighted by molar-refractivity contribution is 0.0946. The molecule has 0 radical (unpaired) electrons. The van der Waals surface area contributed by atoms with Crippen molar-refractivity contribution in [1.29, 1.82) is 0 Å². The standard InChI is InChI=1S/C20H19N5O2/c1-25-12-15(11-23-25)17-6-3-13(9-21-17)10-22-20(26)19-7-14-4-5-16(27-2)8-18(14)24-19/h3-9,11-12,24H,10H2,1-2H3,(H,22,26). The number of fused-ring (bicyclic) bond motifs is 1. The number of hydrogen-bond acceptors (Lipinski definition) is 4. The largest absolute Gasteiger partial charge is 0.497 e. The van der Waals surface area contributed by atoms with Gasteiger partial charge in [0.15, 0.2) is 0 Å². The summed E-state index contributed by atoms with van der Waals surface area (Å²) < 4.78 is 6.94. The van der Waals surface area contributed by atoms with Gasteiger partial charge in [-0.25, -0.2) is 0 Å². The van der Waals surface area contributed by atoms with Gasteiger partial charge in [0.25, 0.3) is 5.91 Å². The van der Waals surface area contributed by atoms with Crippen LogP contribution in [-0.4, -0.2) is 32.8 Å². The van der Waals surface area contributed by atoms with Crippen LogP contribution in [0.1, 0.15) is 16.1 Å². The summed E-state index contributed by atoms with van der Waals surface area (Å²) in [6.07, 6.45) is 5.45. The van der Waals surface area contributed by atoms with Crippen molar-refractivity contribution in [3.8, 4) is 17.0 Å². The molecular formula is C20H19N5O2. The molecular weight excluding hydrogens is 342 g/mol. The zero-order valence-electron chi connectivity index (χ0n) is 15.1. The van der Waals surface area contributed by atoms with E-state index >= 15 is 0 Å². The van der Waals surface area contributed by atoms with Crippen LogP contribution in [0.4, 0.5) is 0 Å². The van der Waals surface area contributed by atoms with Crippen molar-refractivity contribution < 1.29 is 9.53 Å². The second-order valence-electron chi connectivity index (χ2n) is 6.27. The first-order valence-electron chi connectivity index (χ1n) is 8.51. The van der Waals surface area contributed by atoms with Gasteiger partial charge in [-0.3, -0.25) is 14.5 Å². The number of benzene rings is 1. The molecule has 1 aromatic carbocycles. The zero-order valence-corrected chi connectivity index (χ0v) is 15.1. The smallest absolute Gasteiger partial charge is 0.267 e. The van der Waals surface area contributed by atoms with Crippen molar-refractivity contribution in [3.63, 3.8) is 0 Å². The van der Waals surface area contributed by atoms with Gasteiger partial charge in [-0.1, -0.05) is 6.07 Å². The molecule has 0 atom stereocenters. The van der Waals surface area contributed by atoms with E-state index in [4.69, 9.17) is 4.74 Å². The predicted molar refractivity (Wildman–Crippen MR) is 102 cm³/mol. The van der Waals surface area contributed by atoms with Crippen molar-refractivity contribution in [2.45, 2.75) is 6.54 Å². The first-order chi connectivity index (χ1) is 13.1. The van der Waals surface area contributed by atoms with E-state index in [1.165, 1.54) is 0 Å². The lowest BCUT2D eigenvalue weighted by atomic mass is 10.2. The molecule has 0 fully saturated rings. The van der Waals surface area contributed by atoms with Gasteiger partial charge >= 0.3 is 0 Å². The maximum Gasteiger partial charge on any atom is 0.267 e. The van der Waals surface area contributed by atoms with Gasteiger partial charge in [-0.2, -0.15) is 5.10 Å². The number of H-pyrrole nitrogens is 1. The number of rotatable bonds is 5. The molecule has 0 aliphatic rings. The van der Waals surface area contributed by atoms with Gasteiger partial charge in [0.05, 0.1) is 19.0 Å². The van der Waals surface area contributed by atoms with Crippen LogP contribution in [0.2, 0.25) is 0 Å². The molecule has 0 bridgehead atoms. The van der Waals surface area contributed by atoms with Crippen LogP contribution < -0.4 is 10.1 Å². The van der Waals surface area contributed by atoms with Crippen LogP contribution >= 0.6 is 0 Å². The summed E-state index contributed by atoms with van der Waals surface area (Å²) in [7, 11) is 3.48. The number of aryl methyl sites for hydroxylation is 1. The Morgan fingerprint density at radius 1 is 1.22 bits per heavy atom. The van der Waals surface area contributed by atoms with E-state index in [2.05, 4.69) is 20.4 Å². The first kappa shape index (κ1) is 16.8. The van der Waals surface area contributed by atoms with Crippen molar-refractivity contribution in [1.82, 2.24) is 25.1 Å². The Balaban J connectivity index is 1.43. The summed E-state index contributed by atoms with van der Waals surface area (Å²) >= 11 is 0. The summed E-state index contributed by atoms with van der Waals surface area (Å²) in [5, 5.41) is 8.02. The highest BCUT2D eigenvalue weighted by Crippen LogP contribution is 2.21. The van der Waals surface area contributed by atoms with Gasteiger partial charge in [-0.15, -0.1) is 0 Å². The summed E-state index contributed by atoms with van der Waals surface area (Å²) in [4.78, 5) is 20.0. The maximum absolute atomic E-state index is 12.4. The minimum absolute atomic E-state index is 0.165. The van der Waals surface area contributed by atoms with E-state index < -0.39 is 0 Å². The maximum atomic E-state index is 12.4. The Bertz CT molecular complexity index is 1100. The van der Waals surface area contributed by atoms with Crippen LogP contribution in [0.15, 0.2) is 55.0 Å². The highest BCUT2D eigenvalue weighted by Gasteiger charge is 2.10. The van der Waals surface area contributed by atoms with E-state index in [1.54, 1.807) is 24.2 Å². The van der Waals surface area contributed by atoms with Crippen LogP contribution in [-0.2, 0) is 13.6 Å². The lowest BCUT2D eigenvalue weighted by Crippen LogP contribution is -2.23. The van der Waals surface area contributed by atoms with E-state index in [0.717, 1.165) is 33.5 Å². The molecule has 4 rings (SSSR count). The number of carbonyl (C=O) groups is 1. The lowest BCUT2D eigenvalue weighted by Gasteiger charge is -2.04. The van der Waals surface area contributed by atoms with Gasteiger partial charge in [0.1, 0.15) is 11.4 Å². The quantitative estimate of drug-likeness (QED) is 0.572. The van der Waals surface area contributed by atoms with Gasteiger partial charge in [-0.05, 0) is 29.8 Å². The average molecular weight is 361 g/mol. The number of methoxy groups -OCH3 is 1. The molecule has 7 nitrogen and oxygen atoms in total. The van der Waals surface area contributed by atoms with E-state index in [1.807, 2.05) is 49.6 Å². The van der Waals surface area contributed by atoms with Crippen molar-refractivity contribution in [2.75, 3.05) is 7.11 Å². The average Bonchev–Trinajstić information content (AvgIpc) is 3.32. The molecule has 4 aromatic rings. The van der Waals surface area contributed by atoms with Crippen molar-refractivity contribution in [2.24, 2.45) is 7.05 Å². The molecule has 0 unspecified atom stereocenters. The molecule has 27 heavy (non-hydrogen) atoms. The number of pyridine rings is 1.